The summed E-state index contributed by atoms with van der Waals surface area (Å²) >= 11 is 1.65. The third-order valence-electron chi connectivity index (χ3n) is 2.35. The molecule has 2 N–H and O–H groups in total. The Kier molecular flexibility index (Phi) is 2.30. The largest absolute Gasteiger partial charge is 0.378 e. The SMILES string of the molecule is c1c[nH]c(CNc2ccc3scnc3c2)n1. The smallest absolute Gasteiger partial charge is 0.125 e. The van der Waals surface area contributed by atoms with Crippen LogP contribution in [0.3, 0.4) is 0 Å². The van der Waals surface area contributed by atoms with E-state index in [1.165, 1.54) is 4.70 Å². The fraction of sp³-hybridized carbons (Fsp3) is 0.0909. The number of aromatic amines is 1. The van der Waals surface area contributed by atoms with Gasteiger partial charge in [0, 0.05) is 18.1 Å². The minimum absolute atomic E-state index is 0.697. The molecule has 2 heterocycles. The van der Waals surface area contributed by atoms with Gasteiger partial charge in [0.25, 0.3) is 0 Å². The Morgan fingerprint density at radius 2 is 2.31 bits per heavy atom. The number of nitrogens with one attached hydrogen (secondary N) is 2. The Hall–Kier alpha value is -1.88. The second-order valence-corrected chi connectivity index (χ2v) is 4.31. The van der Waals surface area contributed by atoms with Gasteiger partial charge in [0.1, 0.15) is 5.82 Å². The lowest BCUT2D eigenvalue weighted by Gasteiger charge is -2.03. The first-order chi connectivity index (χ1) is 7.92. The van der Waals surface area contributed by atoms with Crippen molar-refractivity contribution >= 4 is 27.2 Å². The van der Waals surface area contributed by atoms with E-state index in [1.54, 1.807) is 17.5 Å². The Bertz CT molecular complexity index is 585. The van der Waals surface area contributed by atoms with Crippen molar-refractivity contribution in [3.63, 3.8) is 0 Å². The number of thiazole rings is 1. The molecule has 0 aliphatic carbocycles. The second kappa shape index (κ2) is 3.94. The number of H-pyrrole nitrogens is 1. The minimum Gasteiger partial charge on any atom is -0.378 e. The summed E-state index contributed by atoms with van der Waals surface area (Å²) in [7, 11) is 0. The third-order valence-corrected chi connectivity index (χ3v) is 3.16. The van der Waals surface area contributed by atoms with Crippen LogP contribution in [0.15, 0.2) is 36.1 Å². The van der Waals surface area contributed by atoms with Crippen LogP contribution in [0.25, 0.3) is 10.2 Å². The number of anilines is 1. The summed E-state index contributed by atoms with van der Waals surface area (Å²) in [6.45, 7) is 0.697. The summed E-state index contributed by atoms with van der Waals surface area (Å²) in [6.07, 6.45) is 3.57. The Labute approximate surface area is 96.4 Å². The number of fused-ring (bicyclic) bond motifs is 1. The molecule has 0 aliphatic rings. The van der Waals surface area contributed by atoms with Gasteiger partial charge in [0.2, 0.25) is 0 Å². The van der Waals surface area contributed by atoms with Gasteiger partial charge in [-0.1, -0.05) is 0 Å². The van der Waals surface area contributed by atoms with Gasteiger partial charge in [-0.15, -0.1) is 11.3 Å². The van der Waals surface area contributed by atoms with Crippen molar-refractivity contribution in [2.24, 2.45) is 0 Å². The van der Waals surface area contributed by atoms with Crippen molar-refractivity contribution in [3.8, 4) is 0 Å². The van der Waals surface area contributed by atoms with E-state index in [0.29, 0.717) is 6.54 Å². The van der Waals surface area contributed by atoms with E-state index in [9.17, 15) is 0 Å². The lowest BCUT2D eigenvalue weighted by molar-refractivity contribution is 1.00. The zero-order chi connectivity index (χ0) is 10.8. The van der Waals surface area contributed by atoms with Crippen LogP contribution in [0.4, 0.5) is 5.69 Å². The summed E-state index contributed by atoms with van der Waals surface area (Å²) in [5, 5.41) is 3.30. The van der Waals surface area contributed by atoms with Crippen molar-refractivity contribution in [2.75, 3.05) is 5.32 Å². The summed E-state index contributed by atoms with van der Waals surface area (Å²) in [4.78, 5) is 11.5. The Balaban J connectivity index is 1.78. The van der Waals surface area contributed by atoms with Crippen LogP contribution in [0.2, 0.25) is 0 Å². The zero-order valence-electron chi connectivity index (χ0n) is 8.47. The zero-order valence-corrected chi connectivity index (χ0v) is 9.29. The second-order valence-electron chi connectivity index (χ2n) is 3.42. The molecule has 16 heavy (non-hydrogen) atoms. The number of rotatable bonds is 3. The maximum atomic E-state index is 4.28. The molecule has 0 amide bonds. The van der Waals surface area contributed by atoms with Crippen LogP contribution >= 0.6 is 11.3 Å². The molecule has 0 saturated heterocycles. The molecule has 0 spiro atoms. The highest BCUT2D eigenvalue weighted by molar-refractivity contribution is 7.16. The summed E-state index contributed by atoms with van der Waals surface area (Å²) < 4.78 is 1.21. The first-order valence-electron chi connectivity index (χ1n) is 4.97. The van der Waals surface area contributed by atoms with Crippen LogP contribution in [-0.2, 0) is 6.54 Å². The van der Waals surface area contributed by atoms with Gasteiger partial charge in [-0.25, -0.2) is 9.97 Å². The predicted octanol–water partition coefficient (Wildman–Crippen LogP) is 2.63. The fourth-order valence-electron chi connectivity index (χ4n) is 1.55. The number of hydrogen-bond donors (Lipinski definition) is 2. The number of benzene rings is 1. The monoisotopic (exact) mass is 230 g/mol. The van der Waals surface area contributed by atoms with Crippen LogP contribution < -0.4 is 5.32 Å². The molecule has 80 valence electrons. The predicted molar refractivity (Wildman–Crippen MR) is 65.5 cm³/mol. The van der Waals surface area contributed by atoms with Crippen LogP contribution in [0.5, 0.6) is 0 Å². The van der Waals surface area contributed by atoms with Crippen molar-refractivity contribution in [3.05, 3.63) is 41.9 Å². The van der Waals surface area contributed by atoms with E-state index in [4.69, 9.17) is 0 Å². The van der Waals surface area contributed by atoms with Crippen molar-refractivity contribution < 1.29 is 0 Å². The van der Waals surface area contributed by atoms with Crippen LogP contribution in [0.1, 0.15) is 5.82 Å². The average molecular weight is 230 g/mol. The lowest BCUT2D eigenvalue weighted by Crippen LogP contribution is -2.00. The number of imidazole rings is 1. The first-order valence-corrected chi connectivity index (χ1v) is 5.85. The highest BCUT2D eigenvalue weighted by Crippen LogP contribution is 2.21. The molecule has 0 unspecified atom stereocenters. The normalized spacial score (nSPS) is 10.8. The molecule has 0 saturated carbocycles. The van der Waals surface area contributed by atoms with Gasteiger partial charge in [-0.2, -0.15) is 0 Å². The number of nitrogens with zero attached hydrogens (tertiary/aromatic N) is 2. The van der Waals surface area contributed by atoms with Gasteiger partial charge < -0.3 is 10.3 Å². The maximum absolute atomic E-state index is 4.28. The van der Waals surface area contributed by atoms with Crippen LogP contribution in [0, 0.1) is 0 Å². The quantitative estimate of drug-likeness (QED) is 0.727. The standard InChI is InChI=1S/C11H10N4S/c1-2-10-9(15-7-16-10)5-8(1)14-6-11-12-3-4-13-11/h1-5,7,14H,6H2,(H,12,13). The number of aromatic nitrogens is 3. The van der Waals surface area contributed by atoms with Crippen molar-refractivity contribution in [2.45, 2.75) is 6.54 Å². The molecule has 0 aliphatic heterocycles. The molecule has 1 aromatic carbocycles. The van der Waals surface area contributed by atoms with Gasteiger partial charge in [-0.3, -0.25) is 0 Å². The van der Waals surface area contributed by atoms with E-state index in [2.05, 4.69) is 38.5 Å². The summed E-state index contributed by atoms with van der Waals surface area (Å²) in [5.41, 5.74) is 3.96. The Morgan fingerprint density at radius 3 is 3.19 bits per heavy atom. The highest BCUT2D eigenvalue weighted by atomic mass is 32.1. The molecule has 0 bridgehead atoms. The molecule has 3 rings (SSSR count). The van der Waals surface area contributed by atoms with Gasteiger partial charge in [0.15, 0.2) is 0 Å². The van der Waals surface area contributed by atoms with Crippen molar-refractivity contribution in [1.29, 1.82) is 0 Å². The molecule has 0 radical (unpaired) electrons. The molecule has 0 fully saturated rings. The molecule has 3 aromatic rings. The first kappa shape index (κ1) is 9.35. The molecule has 2 aromatic heterocycles. The van der Waals surface area contributed by atoms with Crippen molar-refractivity contribution in [1.82, 2.24) is 15.0 Å². The van der Waals surface area contributed by atoms with E-state index in [-0.39, 0.29) is 0 Å². The third kappa shape index (κ3) is 1.77. The molecule has 4 nitrogen and oxygen atoms in total. The minimum atomic E-state index is 0.697. The lowest BCUT2D eigenvalue weighted by atomic mass is 10.3. The highest BCUT2D eigenvalue weighted by Gasteiger charge is 1.99. The molecule has 0 atom stereocenters. The van der Waals surface area contributed by atoms with E-state index < -0.39 is 0 Å². The Morgan fingerprint density at radius 1 is 1.31 bits per heavy atom. The average Bonchev–Trinajstić information content (AvgIpc) is 2.97. The van der Waals surface area contributed by atoms with E-state index in [1.807, 2.05) is 11.7 Å². The van der Waals surface area contributed by atoms with Gasteiger partial charge >= 0.3 is 0 Å². The van der Waals surface area contributed by atoms with E-state index in [0.717, 1.165) is 17.0 Å². The summed E-state index contributed by atoms with van der Waals surface area (Å²) in [5.74, 6) is 0.929. The molecular formula is C11H10N4S. The van der Waals surface area contributed by atoms with Gasteiger partial charge in [0.05, 0.1) is 22.3 Å². The molecular weight excluding hydrogens is 220 g/mol. The maximum Gasteiger partial charge on any atom is 0.125 e. The number of hydrogen-bond acceptors (Lipinski definition) is 4. The van der Waals surface area contributed by atoms with Gasteiger partial charge in [-0.05, 0) is 18.2 Å². The topological polar surface area (TPSA) is 53.6 Å². The fourth-order valence-corrected chi connectivity index (χ4v) is 2.21. The summed E-state index contributed by atoms with van der Waals surface area (Å²) in [6, 6.07) is 6.19. The van der Waals surface area contributed by atoms with Crippen LogP contribution in [-0.4, -0.2) is 15.0 Å². The van der Waals surface area contributed by atoms with E-state index >= 15 is 0 Å². The molecule has 5 heteroatoms.